The van der Waals surface area contributed by atoms with Gasteiger partial charge in [-0.25, -0.2) is 4.98 Å². The van der Waals surface area contributed by atoms with Gasteiger partial charge in [0.2, 0.25) is 0 Å². The summed E-state index contributed by atoms with van der Waals surface area (Å²) in [5.74, 6) is 0.534. The van der Waals surface area contributed by atoms with Crippen molar-refractivity contribution in [3.05, 3.63) is 29.6 Å². The maximum absolute atomic E-state index is 11.5. The Balaban J connectivity index is 2.08. The van der Waals surface area contributed by atoms with E-state index in [9.17, 15) is 4.79 Å². The van der Waals surface area contributed by atoms with Gasteiger partial charge in [0, 0.05) is 5.41 Å². The predicted octanol–water partition coefficient (Wildman–Crippen LogP) is 1.69. The number of nitrogens with zero attached hydrogens (tertiary/aromatic N) is 1. The number of primary amides is 1. The Morgan fingerprint density at radius 3 is 3.00 bits per heavy atom. The van der Waals surface area contributed by atoms with E-state index in [1.54, 1.807) is 6.07 Å². The average molecular weight is 272 g/mol. The Morgan fingerprint density at radius 2 is 2.20 bits per heavy atom. The summed E-state index contributed by atoms with van der Waals surface area (Å²) < 4.78 is 0. The Kier molecular flexibility index (Phi) is 3.22. The van der Waals surface area contributed by atoms with Gasteiger partial charge in [-0.15, -0.1) is 0 Å². The predicted molar refractivity (Wildman–Crippen MR) is 78.7 cm³/mol. The van der Waals surface area contributed by atoms with Gasteiger partial charge < -0.3 is 16.0 Å². The third kappa shape index (κ3) is 2.18. The number of para-hydroxylation sites is 1. The molecule has 5 nitrogen and oxygen atoms in total. The van der Waals surface area contributed by atoms with Crippen LogP contribution < -0.4 is 11.1 Å². The van der Waals surface area contributed by atoms with Gasteiger partial charge in [-0.1, -0.05) is 13.0 Å². The van der Waals surface area contributed by atoms with Crippen molar-refractivity contribution in [3.63, 3.8) is 0 Å². The van der Waals surface area contributed by atoms with E-state index >= 15 is 0 Å². The molecular formula is C15H20N4O. The molecule has 1 atom stereocenters. The topological polar surface area (TPSA) is 83.8 Å². The zero-order chi connectivity index (χ0) is 14.2. The van der Waals surface area contributed by atoms with Crippen LogP contribution in [0.2, 0.25) is 0 Å². The normalized spacial score (nSPS) is 23.6. The van der Waals surface area contributed by atoms with Gasteiger partial charge >= 0.3 is 0 Å². The number of imidazole rings is 1. The molecule has 5 heteroatoms. The molecule has 4 N–H and O–H groups in total. The first-order valence-corrected chi connectivity index (χ1v) is 7.10. The smallest absolute Gasteiger partial charge is 0.250 e. The van der Waals surface area contributed by atoms with Crippen LogP contribution in [0.15, 0.2) is 18.2 Å². The van der Waals surface area contributed by atoms with Gasteiger partial charge in [0.05, 0.1) is 11.1 Å². The van der Waals surface area contributed by atoms with E-state index in [2.05, 4.69) is 22.2 Å². The van der Waals surface area contributed by atoms with Crippen LogP contribution in [-0.2, 0) is 5.41 Å². The third-order valence-electron chi connectivity index (χ3n) is 4.29. The number of carbonyl (C=O) groups excluding carboxylic acids is 1. The molecule has 3 rings (SSSR count). The van der Waals surface area contributed by atoms with E-state index in [1.165, 1.54) is 0 Å². The molecule has 2 aromatic rings. The Morgan fingerprint density at radius 1 is 1.35 bits per heavy atom. The number of carbonyl (C=O) groups is 1. The minimum absolute atomic E-state index is 0.0252. The molecule has 1 fully saturated rings. The fourth-order valence-corrected chi connectivity index (χ4v) is 2.97. The molecule has 1 aliphatic heterocycles. The van der Waals surface area contributed by atoms with Crippen LogP contribution in [0.3, 0.4) is 0 Å². The first-order chi connectivity index (χ1) is 9.60. The summed E-state index contributed by atoms with van der Waals surface area (Å²) in [5.41, 5.74) is 7.51. The van der Waals surface area contributed by atoms with E-state index in [0.29, 0.717) is 11.1 Å². The van der Waals surface area contributed by atoms with Gasteiger partial charge in [0.15, 0.2) is 0 Å². The van der Waals surface area contributed by atoms with Crippen LogP contribution >= 0.6 is 0 Å². The average Bonchev–Trinajstić information content (AvgIpc) is 2.75. The second kappa shape index (κ2) is 4.90. The quantitative estimate of drug-likeness (QED) is 0.778. The molecule has 1 unspecified atom stereocenters. The fraction of sp³-hybridized carbons (Fsp3) is 0.467. The van der Waals surface area contributed by atoms with Gasteiger partial charge in [-0.05, 0) is 44.5 Å². The van der Waals surface area contributed by atoms with Crippen molar-refractivity contribution in [2.45, 2.75) is 31.6 Å². The Bertz CT molecular complexity index is 638. The van der Waals surface area contributed by atoms with Crippen LogP contribution in [0.1, 0.15) is 42.4 Å². The number of benzene rings is 1. The molecule has 0 radical (unpaired) electrons. The van der Waals surface area contributed by atoms with Gasteiger partial charge in [0.25, 0.3) is 5.91 Å². The standard InChI is InChI=1S/C15H20N4O/c1-15(6-3-8-17-9-7-15)14-18-11-5-2-4-10(13(16)20)12(11)19-14/h2,4-5,17H,3,6-9H2,1H3,(H2,16,20)(H,18,19). The Labute approximate surface area is 118 Å². The highest BCUT2D eigenvalue weighted by Gasteiger charge is 2.31. The van der Waals surface area contributed by atoms with Gasteiger partial charge in [-0.3, -0.25) is 4.79 Å². The van der Waals surface area contributed by atoms with Crippen LogP contribution in [0.4, 0.5) is 0 Å². The van der Waals surface area contributed by atoms with Crippen LogP contribution in [0.5, 0.6) is 0 Å². The first-order valence-electron chi connectivity index (χ1n) is 7.10. The second-order valence-electron chi connectivity index (χ2n) is 5.82. The van der Waals surface area contributed by atoms with E-state index in [0.717, 1.165) is 43.7 Å². The SMILES string of the molecule is CC1(c2nc3c(C(N)=O)cccc3[nH]2)CCCNCC1. The lowest BCUT2D eigenvalue weighted by atomic mass is 9.82. The Hall–Kier alpha value is -1.88. The number of hydrogen-bond acceptors (Lipinski definition) is 3. The number of H-pyrrole nitrogens is 1. The van der Waals surface area contributed by atoms with Crippen molar-refractivity contribution in [2.75, 3.05) is 13.1 Å². The molecule has 1 aromatic heterocycles. The maximum atomic E-state index is 11.5. The van der Waals surface area contributed by atoms with Crippen LogP contribution in [0, 0.1) is 0 Å². The van der Waals surface area contributed by atoms with Crippen molar-refractivity contribution in [3.8, 4) is 0 Å². The summed E-state index contributed by atoms with van der Waals surface area (Å²) in [5, 5.41) is 3.42. The molecule has 20 heavy (non-hydrogen) atoms. The summed E-state index contributed by atoms with van der Waals surface area (Å²) in [4.78, 5) is 19.6. The summed E-state index contributed by atoms with van der Waals surface area (Å²) in [6, 6.07) is 5.50. The number of amides is 1. The summed E-state index contributed by atoms with van der Waals surface area (Å²) in [7, 11) is 0. The largest absolute Gasteiger partial charge is 0.366 e. The maximum Gasteiger partial charge on any atom is 0.250 e. The van der Waals surface area contributed by atoms with Crippen molar-refractivity contribution < 1.29 is 4.79 Å². The minimum Gasteiger partial charge on any atom is -0.366 e. The number of hydrogen-bond donors (Lipinski definition) is 3. The second-order valence-corrected chi connectivity index (χ2v) is 5.82. The van der Waals surface area contributed by atoms with Gasteiger partial charge in [-0.2, -0.15) is 0 Å². The zero-order valence-electron chi connectivity index (χ0n) is 11.7. The number of rotatable bonds is 2. The monoisotopic (exact) mass is 272 g/mol. The molecule has 1 amide bonds. The van der Waals surface area contributed by atoms with E-state index in [4.69, 9.17) is 5.73 Å². The summed E-state index contributed by atoms with van der Waals surface area (Å²) in [6.07, 6.45) is 3.26. The van der Waals surface area contributed by atoms with E-state index in [-0.39, 0.29) is 5.41 Å². The minimum atomic E-state index is -0.429. The lowest BCUT2D eigenvalue weighted by Crippen LogP contribution is -2.25. The first kappa shape index (κ1) is 13.1. The summed E-state index contributed by atoms with van der Waals surface area (Å²) in [6.45, 7) is 4.29. The number of fused-ring (bicyclic) bond motifs is 1. The zero-order valence-corrected chi connectivity index (χ0v) is 11.7. The molecule has 1 aromatic carbocycles. The van der Waals surface area contributed by atoms with Crippen molar-refractivity contribution in [1.82, 2.24) is 15.3 Å². The number of nitrogens with one attached hydrogen (secondary N) is 2. The third-order valence-corrected chi connectivity index (χ3v) is 4.29. The highest BCUT2D eigenvalue weighted by atomic mass is 16.1. The lowest BCUT2D eigenvalue weighted by molar-refractivity contribution is 0.100. The molecule has 0 bridgehead atoms. The van der Waals surface area contributed by atoms with E-state index < -0.39 is 5.91 Å². The number of aromatic nitrogens is 2. The van der Waals surface area contributed by atoms with Crippen molar-refractivity contribution >= 4 is 16.9 Å². The fourth-order valence-electron chi connectivity index (χ4n) is 2.97. The highest BCUT2D eigenvalue weighted by Crippen LogP contribution is 2.33. The van der Waals surface area contributed by atoms with Crippen molar-refractivity contribution in [1.29, 1.82) is 0 Å². The summed E-state index contributed by atoms with van der Waals surface area (Å²) >= 11 is 0. The number of aromatic amines is 1. The molecule has 1 aliphatic rings. The number of nitrogens with two attached hydrogens (primary N) is 1. The molecule has 1 saturated heterocycles. The van der Waals surface area contributed by atoms with Crippen molar-refractivity contribution in [2.24, 2.45) is 5.73 Å². The molecule has 0 saturated carbocycles. The molecule has 0 spiro atoms. The van der Waals surface area contributed by atoms with Crippen LogP contribution in [0.25, 0.3) is 11.0 Å². The molecule has 106 valence electrons. The van der Waals surface area contributed by atoms with Crippen LogP contribution in [-0.4, -0.2) is 29.0 Å². The molecule has 0 aliphatic carbocycles. The highest BCUT2D eigenvalue weighted by molar-refractivity contribution is 6.04. The molecule has 2 heterocycles. The van der Waals surface area contributed by atoms with Gasteiger partial charge in [0.1, 0.15) is 11.3 Å². The lowest BCUT2D eigenvalue weighted by Gasteiger charge is -2.25. The van der Waals surface area contributed by atoms with E-state index in [1.807, 2.05) is 12.1 Å². The molecular weight excluding hydrogens is 252 g/mol.